The highest BCUT2D eigenvalue weighted by atomic mass is 35.5. The van der Waals surface area contributed by atoms with Crippen molar-refractivity contribution in [3.05, 3.63) is 70.5 Å². The van der Waals surface area contributed by atoms with E-state index in [1.807, 2.05) is 0 Å². The average Bonchev–Trinajstić information content (AvgIpc) is 2.47. The number of carbonyl (C=O) groups is 2. The Labute approximate surface area is 131 Å². The highest BCUT2D eigenvalue weighted by molar-refractivity contribution is 6.32. The number of carbonyl (C=O) groups excluding carboxylic acids is 2. The van der Waals surface area contributed by atoms with E-state index >= 15 is 0 Å². The lowest BCUT2D eigenvalue weighted by Gasteiger charge is -2.04. The summed E-state index contributed by atoms with van der Waals surface area (Å²) in [6.45, 7) is 0. The van der Waals surface area contributed by atoms with E-state index in [2.05, 4.69) is 5.32 Å². The largest absolute Gasteiger partial charge is 0.366 e. The molecule has 0 unspecified atom stereocenters. The lowest BCUT2D eigenvalue weighted by molar-refractivity contribution is -0.111. The van der Waals surface area contributed by atoms with Crippen molar-refractivity contribution >= 4 is 35.2 Å². The first kappa shape index (κ1) is 15.7. The number of halogens is 2. The van der Waals surface area contributed by atoms with Gasteiger partial charge >= 0.3 is 0 Å². The van der Waals surface area contributed by atoms with Gasteiger partial charge in [-0.15, -0.1) is 0 Å². The molecule has 0 aliphatic heterocycles. The Morgan fingerprint density at radius 3 is 2.59 bits per heavy atom. The van der Waals surface area contributed by atoms with Gasteiger partial charge in [-0.1, -0.05) is 23.7 Å². The third kappa shape index (κ3) is 3.93. The predicted molar refractivity (Wildman–Crippen MR) is 84.0 cm³/mol. The van der Waals surface area contributed by atoms with Gasteiger partial charge in [0.25, 0.3) is 0 Å². The molecule has 2 amide bonds. The lowest BCUT2D eigenvalue weighted by atomic mass is 10.2. The maximum absolute atomic E-state index is 13.6. The van der Waals surface area contributed by atoms with Gasteiger partial charge in [-0.05, 0) is 36.4 Å². The summed E-state index contributed by atoms with van der Waals surface area (Å²) in [5, 5.41) is 2.76. The Hall–Kier alpha value is -2.66. The molecule has 0 heterocycles. The molecule has 22 heavy (non-hydrogen) atoms. The fraction of sp³-hybridized carbons (Fsp3) is 0. The number of nitrogens with one attached hydrogen (secondary N) is 1. The number of primary amides is 1. The van der Waals surface area contributed by atoms with Crippen LogP contribution in [0.1, 0.15) is 15.9 Å². The van der Waals surface area contributed by atoms with Crippen LogP contribution in [0.3, 0.4) is 0 Å². The number of rotatable bonds is 4. The Morgan fingerprint density at radius 1 is 1.18 bits per heavy atom. The second-order valence-corrected chi connectivity index (χ2v) is 4.81. The summed E-state index contributed by atoms with van der Waals surface area (Å²) in [5.74, 6) is -1.60. The van der Waals surface area contributed by atoms with E-state index < -0.39 is 17.6 Å². The van der Waals surface area contributed by atoms with Crippen LogP contribution in [-0.2, 0) is 4.79 Å². The molecule has 0 radical (unpaired) electrons. The van der Waals surface area contributed by atoms with E-state index in [0.717, 1.165) is 6.08 Å². The van der Waals surface area contributed by atoms with Crippen molar-refractivity contribution in [3.63, 3.8) is 0 Å². The summed E-state index contributed by atoms with van der Waals surface area (Å²) in [4.78, 5) is 22.9. The molecule has 6 heteroatoms. The van der Waals surface area contributed by atoms with Gasteiger partial charge in [-0.2, -0.15) is 0 Å². The van der Waals surface area contributed by atoms with E-state index in [1.165, 1.54) is 36.4 Å². The monoisotopic (exact) mass is 318 g/mol. The van der Waals surface area contributed by atoms with Crippen molar-refractivity contribution in [2.24, 2.45) is 5.73 Å². The standard InChI is InChI=1S/C16H12ClFN2O2/c17-13-5-2-6-14(18)12(13)7-8-15(21)20-11-4-1-3-10(9-11)16(19)22/h1-9H,(H2,19,22)(H,20,21). The van der Waals surface area contributed by atoms with Gasteiger partial charge in [-0.25, -0.2) is 4.39 Å². The highest BCUT2D eigenvalue weighted by Crippen LogP contribution is 2.20. The predicted octanol–water partition coefficient (Wildman–Crippen LogP) is 3.23. The molecule has 2 aromatic carbocycles. The van der Waals surface area contributed by atoms with Crippen molar-refractivity contribution in [2.45, 2.75) is 0 Å². The minimum absolute atomic E-state index is 0.130. The third-order valence-corrected chi connectivity index (χ3v) is 3.15. The molecule has 4 nitrogen and oxygen atoms in total. The first-order valence-electron chi connectivity index (χ1n) is 6.30. The zero-order valence-corrected chi connectivity index (χ0v) is 12.1. The summed E-state index contributed by atoms with van der Waals surface area (Å²) in [6.07, 6.45) is 2.44. The van der Waals surface area contributed by atoms with Crippen LogP contribution in [0, 0.1) is 5.82 Å². The summed E-state index contributed by atoms with van der Waals surface area (Å²) in [7, 11) is 0. The normalized spacial score (nSPS) is 10.6. The fourth-order valence-corrected chi connectivity index (χ4v) is 1.99. The number of amides is 2. The van der Waals surface area contributed by atoms with Crippen molar-refractivity contribution in [1.82, 2.24) is 0 Å². The average molecular weight is 319 g/mol. The molecule has 2 aromatic rings. The minimum Gasteiger partial charge on any atom is -0.366 e. The SMILES string of the molecule is NC(=O)c1cccc(NC(=O)C=Cc2c(F)cccc2Cl)c1. The van der Waals surface area contributed by atoms with Crippen molar-refractivity contribution in [1.29, 1.82) is 0 Å². The molecule has 0 saturated carbocycles. The second-order valence-electron chi connectivity index (χ2n) is 4.40. The fourth-order valence-electron chi connectivity index (χ4n) is 1.76. The van der Waals surface area contributed by atoms with Gasteiger partial charge in [0.15, 0.2) is 0 Å². The zero-order valence-electron chi connectivity index (χ0n) is 11.3. The second kappa shape index (κ2) is 6.87. The van der Waals surface area contributed by atoms with Crippen LogP contribution in [-0.4, -0.2) is 11.8 Å². The number of anilines is 1. The summed E-state index contributed by atoms with van der Waals surface area (Å²) in [5.41, 5.74) is 5.97. The van der Waals surface area contributed by atoms with E-state index in [9.17, 15) is 14.0 Å². The molecule has 0 atom stereocenters. The molecule has 0 bridgehead atoms. The number of nitrogens with two attached hydrogens (primary N) is 1. The molecular formula is C16H12ClFN2O2. The Bertz CT molecular complexity index is 739. The van der Waals surface area contributed by atoms with Crippen LogP contribution in [0.15, 0.2) is 48.5 Å². The zero-order chi connectivity index (χ0) is 16.1. The van der Waals surface area contributed by atoms with Crippen LogP contribution in [0.5, 0.6) is 0 Å². The number of hydrogen-bond donors (Lipinski definition) is 2. The van der Waals surface area contributed by atoms with Gasteiger partial charge in [-0.3, -0.25) is 9.59 Å². The smallest absolute Gasteiger partial charge is 0.248 e. The van der Waals surface area contributed by atoms with Crippen molar-refractivity contribution in [3.8, 4) is 0 Å². The number of benzene rings is 2. The van der Waals surface area contributed by atoms with E-state index in [-0.39, 0.29) is 16.1 Å². The molecule has 0 aliphatic rings. The molecule has 3 N–H and O–H groups in total. The molecule has 0 saturated heterocycles. The Morgan fingerprint density at radius 2 is 1.91 bits per heavy atom. The summed E-state index contributed by atoms with van der Waals surface area (Å²) in [6, 6.07) is 10.4. The van der Waals surface area contributed by atoms with Gasteiger partial charge in [0, 0.05) is 22.9 Å². The van der Waals surface area contributed by atoms with E-state index in [1.54, 1.807) is 12.1 Å². The third-order valence-electron chi connectivity index (χ3n) is 2.82. The van der Waals surface area contributed by atoms with E-state index in [4.69, 9.17) is 17.3 Å². The quantitative estimate of drug-likeness (QED) is 0.849. The van der Waals surface area contributed by atoms with Crippen LogP contribution in [0.4, 0.5) is 10.1 Å². The van der Waals surface area contributed by atoms with Crippen LogP contribution < -0.4 is 11.1 Å². The molecule has 112 valence electrons. The molecule has 0 spiro atoms. The van der Waals surface area contributed by atoms with Crippen molar-refractivity contribution < 1.29 is 14.0 Å². The molecular weight excluding hydrogens is 307 g/mol. The Balaban J connectivity index is 2.12. The molecule has 0 aliphatic carbocycles. The maximum Gasteiger partial charge on any atom is 0.248 e. The maximum atomic E-state index is 13.6. The van der Waals surface area contributed by atoms with Crippen LogP contribution >= 0.6 is 11.6 Å². The molecule has 0 aromatic heterocycles. The first-order chi connectivity index (χ1) is 10.5. The van der Waals surface area contributed by atoms with Gasteiger partial charge in [0.1, 0.15) is 5.82 Å². The minimum atomic E-state index is -0.593. The highest BCUT2D eigenvalue weighted by Gasteiger charge is 2.05. The molecule has 2 rings (SSSR count). The van der Waals surface area contributed by atoms with Crippen molar-refractivity contribution in [2.75, 3.05) is 5.32 Å². The van der Waals surface area contributed by atoms with Crippen LogP contribution in [0.2, 0.25) is 5.02 Å². The van der Waals surface area contributed by atoms with Gasteiger partial charge in [0.2, 0.25) is 11.8 Å². The topological polar surface area (TPSA) is 72.2 Å². The van der Waals surface area contributed by atoms with Gasteiger partial charge < -0.3 is 11.1 Å². The Kier molecular flexibility index (Phi) is 4.91. The lowest BCUT2D eigenvalue weighted by Crippen LogP contribution is -2.12. The van der Waals surface area contributed by atoms with E-state index in [0.29, 0.717) is 5.69 Å². The number of hydrogen-bond acceptors (Lipinski definition) is 2. The van der Waals surface area contributed by atoms with Crippen LogP contribution in [0.25, 0.3) is 6.08 Å². The summed E-state index contributed by atoms with van der Waals surface area (Å²) >= 11 is 5.85. The summed E-state index contributed by atoms with van der Waals surface area (Å²) < 4.78 is 13.6. The van der Waals surface area contributed by atoms with Gasteiger partial charge in [0.05, 0.1) is 5.02 Å². The first-order valence-corrected chi connectivity index (χ1v) is 6.68. The molecule has 0 fully saturated rings.